The van der Waals surface area contributed by atoms with Crippen LogP contribution in [0.2, 0.25) is 0 Å². The lowest BCUT2D eigenvalue weighted by Gasteiger charge is -2.16. The molecule has 1 aromatic heterocycles. The van der Waals surface area contributed by atoms with Gasteiger partial charge in [-0.05, 0) is 37.0 Å². The molecule has 1 fully saturated rings. The van der Waals surface area contributed by atoms with Crippen molar-refractivity contribution in [1.29, 1.82) is 0 Å². The van der Waals surface area contributed by atoms with Gasteiger partial charge in [-0.25, -0.2) is 9.37 Å². The topological polar surface area (TPSA) is 90.9 Å². The van der Waals surface area contributed by atoms with Crippen molar-refractivity contribution in [3.05, 3.63) is 47.3 Å². The van der Waals surface area contributed by atoms with Crippen molar-refractivity contribution in [2.75, 3.05) is 6.54 Å². The number of aromatic amines is 1. The molecule has 1 aliphatic rings. The third-order valence-corrected chi connectivity index (χ3v) is 4.70. The molecular formula is C17H21FN4O2. The van der Waals surface area contributed by atoms with Gasteiger partial charge in [0.25, 0.3) is 5.91 Å². The number of aromatic nitrogens is 3. The second-order valence-electron chi connectivity index (χ2n) is 6.23. The highest BCUT2D eigenvalue weighted by molar-refractivity contribution is 5.95. The van der Waals surface area contributed by atoms with Gasteiger partial charge in [0.2, 0.25) is 0 Å². The number of aliphatic hydroxyl groups excluding tert-OH is 1. The Balaban J connectivity index is 1.61. The van der Waals surface area contributed by atoms with Crippen molar-refractivity contribution >= 4 is 5.91 Å². The van der Waals surface area contributed by atoms with Crippen LogP contribution < -0.4 is 5.32 Å². The van der Waals surface area contributed by atoms with E-state index >= 15 is 0 Å². The number of aryl methyl sites for hydroxylation is 1. The number of amides is 1. The molecular weight excluding hydrogens is 311 g/mol. The molecule has 0 spiro atoms. The smallest absolute Gasteiger partial charge is 0.251 e. The maximum absolute atomic E-state index is 13.4. The van der Waals surface area contributed by atoms with Crippen molar-refractivity contribution in [3.63, 3.8) is 0 Å². The Morgan fingerprint density at radius 1 is 1.46 bits per heavy atom. The lowest BCUT2D eigenvalue weighted by Crippen LogP contribution is -2.33. The first kappa shape index (κ1) is 16.6. The minimum atomic E-state index is -0.501. The molecule has 0 bridgehead atoms. The van der Waals surface area contributed by atoms with Gasteiger partial charge in [-0.3, -0.25) is 9.89 Å². The van der Waals surface area contributed by atoms with Gasteiger partial charge >= 0.3 is 0 Å². The van der Waals surface area contributed by atoms with E-state index < -0.39 is 11.9 Å². The lowest BCUT2D eigenvalue weighted by molar-refractivity contribution is 0.0915. The molecule has 1 heterocycles. The van der Waals surface area contributed by atoms with Crippen LogP contribution in [0.25, 0.3) is 0 Å². The molecule has 1 amide bonds. The van der Waals surface area contributed by atoms with Gasteiger partial charge in [-0.15, -0.1) is 0 Å². The van der Waals surface area contributed by atoms with Crippen LogP contribution >= 0.6 is 0 Å². The lowest BCUT2D eigenvalue weighted by atomic mass is 10.0. The van der Waals surface area contributed by atoms with Gasteiger partial charge in [0, 0.05) is 23.9 Å². The van der Waals surface area contributed by atoms with Crippen molar-refractivity contribution in [2.24, 2.45) is 5.92 Å². The van der Waals surface area contributed by atoms with Crippen molar-refractivity contribution < 1.29 is 14.3 Å². The number of carbonyl (C=O) groups excluding carboxylic acids is 1. The summed E-state index contributed by atoms with van der Waals surface area (Å²) in [5.74, 6) is 0.0963. The number of hydrogen-bond acceptors (Lipinski definition) is 4. The minimum Gasteiger partial charge on any atom is -0.393 e. The molecule has 1 saturated carbocycles. The molecule has 0 aliphatic heterocycles. The summed E-state index contributed by atoms with van der Waals surface area (Å²) in [5.41, 5.74) is 1.16. The van der Waals surface area contributed by atoms with Gasteiger partial charge in [0.1, 0.15) is 18.0 Å². The normalized spacial score (nSPS) is 23.4. The monoisotopic (exact) mass is 332 g/mol. The Morgan fingerprint density at radius 3 is 3.00 bits per heavy atom. The third-order valence-electron chi connectivity index (χ3n) is 4.70. The van der Waals surface area contributed by atoms with Gasteiger partial charge in [0.05, 0.1) is 6.10 Å². The standard InChI is InChI=1S/C17H21FN4O2/c1-2-10-3-4-13(18)7-14(10)17(24)19-8-12-5-11(6-15(12)23)16-20-9-21-22-16/h3-4,7,9,11-12,15,23H,2,5-6,8H2,1H3,(H,19,24)(H,20,21,22)/t11-,12+,15+/m1/s1. The number of aliphatic hydroxyl groups is 1. The van der Waals surface area contributed by atoms with E-state index in [0.29, 0.717) is 24.9 Å². The number of halogens is 1. The molecule has 3 rings (SSSR count). The molecule has 6 nitrogen and oxygen atoms in total. The number of carbonyl (C=O) groups is 1. The van der Waals surface area contributed by atoms with E-state index in [4.69, 9.17) is 0 Å². The number of nitrogens with zero attached hydrogens (tertiary/aromatic N) is 2. The van der Waals surface area contributed by atoms with Crippen LogP contribution in [0.4, 0.5) is 4.39 Å². The van der Waals surface area contributed by atoms with Crippen LogP contribution in [0, 0.1) is 11.7 Å². The van der Waals surface area contributed by atoms with E-state index in [1.54, 1.807) is 6.07 Å². The summed E-state index contributed by atoms with van der Waals surface area (Å²) in [6.45, 7) is 2.27. The Kier molecular flexibility index (Phi) is 4.89. The van der Waals surface area contributed by atoms with Crippen LogP contribution in [0.15, 0.2) is 24.5 Å². The van der Waals surface area contributed by atoms with Crippen LogP contribution in [0.5, 0.6) is 0 Å². The predicted molar refractivity (Wildman–Crippen MR) is 86.0 cm³/mol. The SMILES string of the molecule is CCc1ccc(F)cc1C(=O)NC[C@@H]1C[C@@H](c2ncn[nH]2)C[C@@H]1O. The van der Waals surface area contributed by atoms with Crippen LogP contribution in [0.3, 0.4) is 0 Å². The fourth-order valence-electron chi connectivity index (χ4n) is 3.34. The summed E-state index contributed by atoms with van der Waals surface area (Å²) < 4.78 is 13.4. The first-order valence-corrected chi connectivity index (χ1v) is 8.18. The van der Waals surface area contributed by atoms with Crippen LogP contribution in [-0.2, 0) is 6.42 Å². The Labute approximate surface area is 139 Å². The molecule has 0 saturated heterocycles. The summed E-state index contributed by atoms with van der Waals surface area (Å²) in [6, 6.07) is 4.25. The molecule has 0 radical (unpaired) electrons. The maximum Gasteiger partial charge on any atom is 0.251 e. The predicted octanol–water partition coefficient (Wildman–Crippen LogP) is 1.79. The van der Waals surface area contributed by atoms with Crippen molar-refractivity contribution in [1.82, 2.24) is 20.5 Å². The Hall–Kier alpha value is -2.28. The first-order valence-electron chi connectivity index (χ1n) is 8.18. The maximum atomic E-state index is 13.4. The molecule has 3 N–H and O–H groups in total. The zero-order valence-electron chi connectivity index (χ0n) is 13.5. The zero-order valence-corrected chi connectivity index (χ0v) is 13.5. The fourth-order valence-corrected chi connectivity index (χ4v) is 3.34. The van der Waals surface area contributed by atoms with Crippen molar-refractivity contribution in [3.8, 4) is 0 Å². The van der Waals surface area contributed by atoms with Gasteiger partial charge in [-0.2, -0.15) is 5.10 Å². The molecule has 1 aromatic carbocycles. The van der Waals surface area contributed by atoms with E-state index in [0.717, 1.165) is 17.8 Å². The van der Waals surface area contributed by atoms with E-state index in [9.17, 15) is 14.3 Å². The minimum absolute atomic E-state index is 0.0531. The van der Waals surface area contributed by atoms with E-state index in [-0.39, 0.29) is 17.7 Å². The van der Waals surface area contributed by atoms with Gasteiger partial charge in [-0.1, -0.05) is 13.0 Å². The quantitative estimate of drug-likeness (QED) is 0.778. The third kappa shape index (κ3) is 3.46. The van der Waals surface area contributed by atoms with Crippen molar-refractivity contribution in [2.45, 2.75) is 38.2 Å². The molecule has 2 aromatic rings. The van der Waals surface area contributed by atoms with E-state index in [1.165, 1.54) is 18.5 Å². The summed E-state index contributed by atoms with van der Waals surface area (Å²) in [5, 5.41) is 19.7. The number of nitrogens with one attached hydrogen (secondary N) is 2. The Bertz CT molecular complexity index is 705. The van der Waals surface area contributed by atoms with E-state index in [1.807, 2.05) is 6.92 Å². The summed E-state index contributed by atoms with van der Waals surface area (Å²) in [4.78, 5) is 16.5. The number of hydrogen-bond donors (Lipinski definition) is 3. The average molecular weight is 332 g/mol. The summed E-state index contributed by atoms with van der Waals surface area (Å²) in [6.07, 6.45) is 2.92. The summed E-state index contributed by atoms with van der Waals surface area (Å²) in [7, 11) is 0. The summed E-state index contributed by atoms with van der Waals surface area (Å²) >= 11 is 0. The first-order chi connectivity index (χ1) is 11.6. The van der Waals surface area contributed by atoms with Crippen LogP contribution in [-0.4, -0.2) is 38.8 Å². The molecule has 24 heavy (non-hydrogen) atoms. The van der Waals surface area contributed by atoms with E-state index in [2.05, 4.69) is 20.5 Å². The van der Waals surface area contributed by atoms with Crippen LogP contribution in [0.1, 0.15) is 47.4 Å². The molecule has 7 heteroatoms. The Morgan fingerprint density at radius 2 is 2.29 bits per heavy atom. The molecule has 128 valence electrons. The second kappa shape index (κ2) is 7.09. The number of rotatable bonds is 5. The number of H-pyrrole nitrogens is 1. The largest absolute Gasteiger partial charge is 0.393 e. The highest BCUT2D eigenvalue weighted by Gasteiger charge is 2.35. The average Bonchev–Trinajstić information content (AvgIpc) is 3.22. The fraction of sp³-hybridized carbons (Fsp3) is 0.471. The molecule has 0 unspecified atom stereocenters. The molecule has 1 aliphatic carbocycles. The van der Waals surface area contributed by atoms with Gasteiger partial charge in [0.15, 0.2) is 0 Å². The van der Waals surface area contributed by atoms with Gasteiger partial charge < -0.3 is 10.4 Å². The highest BCUT2D eigenvalue weighted by Crippen LogP contribution is 2.36. The molecule has 3 atom stereocenters. The zero-order chi connectivity index (χ0) is 17.1. The second-order valence-corrected chi connectivity index (χ2v) is 6.23. The number of benzene rings is 1. The highest BCUT2D eigenvalue weighted by atomic mass is 19.1.